The van der Waals surface area contributed by atoms with Crippen molar-refractivity contribution in [2.24, 2.45) is 0 Å². The minimum absolute atomic E-state index is 0.276. The van der Waals surface area contributed by atoms with Crippen LogP contribution in [0.2, 0.25) is 0 Å². The maximum atomic E-state index is 13.8. The fourth-order valence-electron chi connectivity index (χ4n) is 4.46. The largest absolute Gasteiger partial charge is 0.480 e. The third kappa shape index (κ3) is 5.20. The summed E-state index contributed by atoms with van der Waals surface area (Å²) < 4.78 is 97.1. The van der Waals surface area contributed by atoms with Crippen molar-refractivity contribution in [1.29, 1.82) is 0 Å². The summed E-state index contributed by atoms with van der Waals surface area (Å²) >= 11 is 0. The van der Waals surface area contributed by atoms with Gasteiger partial charge >= 0.3 is 12.1 Å². The maximum Gasteiger partial charge on any atom is 0.416 e. The second-order valence-electron chi connectivity index (χ2n) is 9.03. The van der Waals surface area contributed by atoms with Crippen molar-refractivity contribution in [3.05, 3.63) is 71.0 Å². The first-order chi connectivity index (χ1) is 17.6. The molecule has 204 valence electrons. The number of carboxylic acids is 1. The standard InChI is InChI=1S/C24H24F3N3O6S2/c1-15-6-8-17(9-7-15)37(33,34)18-10-16(24(25,26)27)11-19(12-18)38(35,36)29(2)21-4-3-5-22-20(21)13-28-30(22)14-23(31)32/h6-13,21H,3-5,14H2,1-2H3,(H,31,32). The van der Waals surface area contributed by atoms with Gasteiger partial charge in [-0.15, -0.1) is 0 Å². The van der Waals surface area contributed by atoms with Crippen molar-refractivity contribution < 1.29 is 39.9 Å². The number of nitrogens with zero attached hydrogens (tertiary/aromatic N) is 3. The first-order valence-electron chi connectivity index (χ1n) is 11.4. The van der Waals surface area contributed by atoms with Crippen LogP contribution >= 0.6 is 0 Å². The summed E-state index contributed by atoms with van der Waals surface area (Å²) in [6, 6.07) is 6.17. The number of aromatic nitrogens is 2. The van der Waals surface area contributed by atoms with Crippen LogP contribution < -0.4 is 0 Å². The molecule has 0 bridgehead atoms. The molecule has 1 aliphatic carbocycles. The van der Waals surface area contributed by atoms with E-state index in [0.717, 1.165) is 15.9 Å². The molecule has 0 radical (unpaired) electrons. The lowest BCUT2D eigenvalue weighted by molar-refractivity contribution is -0.138. The van der Waals surface area contributed by atoms with Gasteiger partial charge in [0.05, 0.1) is 32.5 Å². The molecule has 2 aromatic carbocycles. The lowest BCUT2D eigenvalue weighted by atomic mass is 9.93. The molecule has 0 spiro atoms. The molecule has 0 saturated heterocycles. The third-order valence-electron chi connectivity index (χ3n) is 6.48. The van der Waals surface area contributed by atoms with E-state index >= 15 is 0 Å². The number of alkyl halides is 3. The first-order valence-corrected chi connectivity index (χ1v) is 14.3. The van der Waals surface area contributed by atoms with Gasteiger partial charge in [0.25, 0.3) is 0 Å². The van der Waals surface area contributed by atoms with E-state index in [2.05, 4.69) is 5.10 Å². The van der Waals surface area contributed by atoms with Crippen LogP contribution in [-0.2, 0) is 43.8 Å². The number of carbonyl (C=O) groups is 1. The van der Waals surface area contributed by atoms with E-state index in [1.165, 1.54) is 42.2 Å². The second kappa shape index (κ2) is 9.82. The van der Waals surface area contributed by atoms with E-state index in [1.807, 2.05) is 0 Å². The molecule has 0 fully saturated rings. The van der Waals surface area contributed by atoms with Gasteiger partial charge in [-0.2, -0.15) is 22.6 Å². The molecule has 1 unspecified atom stereocenters. The van der Waals surface area contributed by atoms with Crippen molar-refractivity contribution >= 4 is 25.8 Å². The number of halogens is 3. The average Bonchev–Trinajstić information content (AvgIpc) is 3.25. The van der Waals surface area contributed by atoms with Gasteiger partial charge in [0.2, 0.25) is 19.9 Å². The molecule has 1 aliphatic rings. The predicted molar refractivity (Wildman–Crippen MR) is 129 cm³/mol. The summed E-state index contributed by atoms with van der Waals surface area (Å²) in [5, 5.41) is 13.2. The Labute approximate surface area is 217 Å². The Bertz CT molecular complexity index is 1600. The van der Waals surface area contributed by atoms with Gasteiger partial charge < -0.3 is 5.11 Å². The van der Waals surface area contributed by atoms with Gasteiger partial charge in [0.15, 0.2) is 0 Å². The SMILES string of the molecule is Cc1ccc(S(=O)(=O)c2cc(C(F)(F)F)cc(S(=O)(=O)N(C)C3CCCc4c3cnn4CC(=O)O)c2)cc1. The van der Waals surface area contributed by atoms with E-state index in [9.17, 15) is 34.8 Å². The van der Waals surface area contributed by atoms with Gasteiger partial charge in [0.1, 0.15) is 6.54 Å². The molecule has 0 saturated carbocycles. The molecule has 1 heterocycles. The van der Waals surface area contributed by atoms with Crippen molar-refractivity contribution in [2.45, 2.75) is 59.6 Å². The molecule has 3 aromatic rings. The molecule has 1 aromatic heterocycles. The highest BCUT2D eigenvalue weighted by atomic mass is 32.2. The minimum atomic E-state index is -5.02. The molecule has 38 heavy (non-hydrogen) atoms. The van der Waals surface area contributed by atoms with Crippen LogP contribution in [0.25, 0.3) is 0 Å². The Hall–Kier alpha value is -3.23. The summed E-state index contributed by atoms with van der Waals surface area (Å²) in [5.41, 5.74) is 0.285. The smallest absolute Gasteiger partial charge is 0.416 e. The highest BCUT2D eigenvalue weighted by Crippen LogP contribution is 2.39. The lowest BCUT2D eigenvalue weighted by Gasteiger charge is -2.31. The van der Waals surface area contributed by atoms with Crippen LogP contribution in [0, 0.1) is 6.92 Å². The second-order valence-corrected chi connectivity index (χ2v) is 13.0. The number of sulfone groups is 1. The number of aryl methyl sites for hydroxylation is 1. The number of hydrogen-bond donors (Lipinski definition) is 1. The zero-order valence-corrected chi connectivity index (χ0v) is 21.9. The summed E-state index contributed by atoms with van der Waals surface area (Å²) in [5.74, 6) is -1.13. The number of benzene rings is 2. The van der Waals surface area contributed by atoms with Crippen molar-refractivity contribution in [3.63, 3.8) is 0 Å². The van der Waals surface area contributed by atoms with E-state index < -0.39 is 59.9 Å². The Morgan fingerprint density at radius 3 is 2.32 bits per heavy atom. The lowest BCUT2D eigenvalue weighted by Crippen LogP contribution is -2.33. The molecule has 1 N–H and O–H groups in total. The van der Waals surface area contributed by atoms with E-state index in [1.54, 1.807) is 6.92 Å². The third-order valence-corrected chi connectivity index (χ3v) is 10.1. The number of carboxylic acid groups (broad SMARTS) is 1. The molecule has 9 nitrogen and oxygen atoms in total. The summed E-state index contributed by atoms with van der Waals surface area (Å²) in [6.07, 6.45) is -2.41. The van der Waals surface area contributed by atoms with Crippen LogP contribution in [0.5, 0.6) is 0 Å². The molecular formula is C24H24F3N3O6S2. The monoisotopic (exact) mass is 571 g/mol. The van der Waals surface area contributed by atoms with Crippen LogP contribution in [-0.4, -0.2) is 49.0 Å². The number of aliphatic carboxylic acids is 1. The molecule has 1 atom stereocenters. The fourth-order valence-corrected chi connectivity index (χ4v) is 7.31. The number of rotatable bonds is 7. The van der Waals surface area contributed by atoms with Crippen LogP contribution in [0.15, 0.2) is 63.3 Å². The van der Waals surface area contributed by atoms with Crippen molar-refractivity contribution in [2.75, 3.05) is 7.05 Å². The number of sulfonamides is 1. The van der Waals surface area contributed by atoms with Crippen LogP contribution in [0.4, 0.5) is 13.2 Å². The quantitative estimate of drug-likeness (QED) is 0.457. The highest BCUT2D eigenvalue weighted by molar-refractivity contribution is 7.91. The molecule has 0 amide bonds. The zero-order valence-electron chi connectivity index (χ0n) is 20.3. The Balaban J connectivity index is 1.81. The van der Waals surface area contributed by atoms with Crippen molar-refractivity contribution in [1.82, 2.24) is 14.1 Å². The summed E-state index contributed by atoms with van der Waals surface area (Å²) in [6.45, 7) is 1.29. The van der Waals surface area contributed by atoms with E-state index in [4.69, 9.17) is 5.11 Å². The predicted octanol–water partition coefficient (Wildman–Crippen LogP) is 3.83. The molecule has 4 rings (SSSR count). The zero-order chi connectivity index (χ0) is 28.0. The molecule has 0 aliphatic heterocycles. The van der Waals surface area contributed by atoms with Gasteiger partial charge in [-0.3, -0.25) is 9.48 Å². The normalized spacial score (nSPS) is 16.4. The highest BCUT2D eigenvalue weighted by Gasteiger charge is 2.38. The van der Waals surface area contributed by atoms with Gasteiger partial charge in [-0.1, -0.05) is 17.7 Å². The number of fused-ring (bicyclic) bond motifs is 1. The van der Waals surface area contributed by atoms with Crippen LogP contribution in [0.1, 0.15) is 41.3 Å². The van der Waals surface area contributed by atoms with Crippen LogP contribution in [0.3, 0.4) is 0 Å². The minimum Gasteiger partial charge on any atom is -0.480 e. The van der Waals surface area contributed by atoms with Gasteiger partial charge in [0, 0.05) is 18.3 Å². The maximum absolute atomic E-state index is 13.8. The van der Waals surface area contributed by atoms with Gasteiger partial charge in [-0.05, 0) is 56.5 Å². The van der Waals surface area contributed by atoms with E-state index in [-0.39, 0.29) is 4.90 Å². The molecular weight excluding hydrogens is 547 g/mol. The topological polar surface area (TPSA) is 127 Å². The average molecular weight is 572 g/mol. The Kier molecular flexibility index (Phi) is 7.18. The summed E-state index contributed by atoms with van der Waals surface area (Å²) in [4.78, 5) is 9.24. The van der Waals surface area contributed by atoms with Gasteiger partial charge in [-0.25, -0.2) is 16.8 Å². The van der Waals surface area contributed by atoms with E-state index in [0.29, 0.717) is 42.7 Å². The van der Waals surface area contributed by atoms with Crippen molar-refractivity contribution in [3.8, 4) is 0 Å². The number of hydrogen-bond acceptors (Lipinski definition) is 6. The Morgan fingerprint density at radius 1 is 1.08 bits per heavy atom. The summed E-state index contributed by atoms with van der Waals surface area (Å²) in [7, 11) is -7.92. The Morgan fingerprint density at radius 2 is 1.71 bits per heavy atom. The first kappa shape index (κ1) is 27.8. The fraction of sp³-hybridized carbons (Fsp3) is 0.333. The molecule has 14 heteroatoms.